The average Bonchev–Trinajstić information content (AvgIpc) is 3.29. The summed E-state index contributed by atoms with van der Waals surface area (Å²) in [7, 11) is 0. The third-order valence-electron chi connectivity index (χ3n) is 9.60. The number of amides is 1. The number of rotatable bonds is 12. The number of aromatic hydroxyl groups is 1. The highest BCUT2D eigenvalue weighted by Crippen LogP contribution is 2.35. The minimum atomic E-state index is -0.730. The topological polar surface area (TPSA) is 87.6 Å². The average molecular weight is 627 g/mol. The van der Waals surface area contributed by atoms with Crippen LogP contribution in [-0.4, -0.2) is 99.6 Å². The van der Waals surface area contributed by atoms with Crippen molar-refractivity contribution in [3.8, 4) is 5.75 Å². The van der Waals surface area contributed by atoms with E-state index >= 15 is 0 Å². The van der Waals surface area contributed by atoms with Crippen molar-refractivity contribution in [3.05, 3.63) is 101 Å². The van der Waals surface area contributed by atoms with E-state index in [1.165, 1.54) is 5.56 Å². The van der Waals surface area contributed by atoms with Crippen LogP contribution in [0.1, 0.15) is 79.0 Å². The molecule has 0 radical (unpaired) electrons. The minimum absolute atomic E-state index is 0.0638. The van der Waals surface area contributed by atoms with Gasteiger partial charge in [-0.2, -0.15) is 0 Å². The predicted molar refractivity (Wildman–Crippen MR) is 182 cm³/mol. The fourth-order valence-corrected chi connectivity index (χ4v) is 7.10. The number of hydrogen-bond donors (Lipinski definition) is 2. The van der Waals surface area contributed by atoms with Gasteiger partial charge in [0.25, 0.3) is 5.91 Å². The molecule has 0 aliphatic carbocycles. The second-order valence-corrected chi connectivity index (χ2v) is 13.1. The van der Waals surface area contributed by atoms with E-state index in [4.69, 9.17) is 5.11 Å². The summed E-state index contributed by atoms with van der Waals surface area (Å²) in [6.07, 6.45) is 3.77. The van der Waals surface area contributed by atoms with Crippen LogP contribution in [0.25, 0.3) is 0 Å². The van der Waals surface area contributed by atoms with Gasteiger partial charge in [-0.05, 0) is 87.2 Å². The summed E-state index contributed by atoms with van der Waals surface area (Å²) in [4.78, 5) is 34.1. The molecule has 8 nitrogen and oxygen atoms in total. The highest BCUT2D eigenvalue weighted by Gasteiger charge is 2.35. The lowest BCUT2D eigenvalue weighted by molar-refractivity contribution is -0.137. The first-order valence-electron chi connectivity index (χ1n) is 16.9. The fraction of sp³-hybridized carbons (Fsp3) is 0.474. The van der Waals surface area contributed by atoms with Gasteiger partial charge in [-0.1, -0.05) is 61.0 Å². The fourth-order valence-electron chi connectivity index (χ4n) is 7.10. The molecule has 2 aliphatic heterocycles. The molecule has 0 unspecified atom stereocenters. The lowest BCUT2D eigenvalue weighted by Crippen LogP contribution is -2.56. The molecule has 3 aromatic carbocycles. The van der Waals surface area contributed by atoms with E-state index in [0.29, 0.717) is 18.2 Å². The molecule has 46 heavy (non-hydrogen) atoms. The standard InChI is InChI=1S/C38H50N4O4/c1-29-27-42(30(2)26-41(29)28-31-12-5-3-6-13-31)37(33-15-10-17-35(43)25-33)32-14-9-16-34(24-32)38(46)40-21-11-20-39(22-23-40)19-8-4-7-18-36(44)45/h3,5-6,9-10,12-17,24-25,29-30,37,43H,4,7-8,11,18-23,26-28H2,1-2H3,(H,44,45)/t29-,30+,37-/m1/s1. The highest BCUT2D eigenvalue weighted by atomic mass is 16.4. The Morgan fingerprint density at radius 1 is 0.804 bits per heavy atom. The van der Waals surface area contributed by atoms with Crippen molar-refractivity contribution in [1.29, 1.82) is 0 Å². The number of carbonyl (C=O) groups is 2. The Labute approximate surface area is 274 Å². The van der Waals surface area contributed by atoms with Crippen LogP contribution >= 0.6 is 0 Å². The van der Waals surface area contributed by atoms with E-state index < -0.39 is 5.97 Å². The van der Waals surface area contributed by atoms with Gasteiger partial charge in [0.15, 0.2) is 0 Å². The van der Waals surface area contributed by atoms with Gasteiger partial charge in [0.1, 0.15) is 5.75 Å². The molecular formula is C38H50N4O4. The van der Waals surface area contributed by atoms with Gasteiger partial charge in [-0.15, -0.1) is 0 Å². The van der Waals surface area contributed by atoms with Crippen molar-refractivity contribution in [2.45, 2.75) is 70.6 Å². The van der Waals surface area contributed by atoms with E-state index in [0.717, 1.165) is 82.6 Å². The first kappa shape index (κ1) is 33.6. The van der Waals surface area contributed by atoms with Gasteiger partial charge in [0, 0.05) is 63.3 Å². The molecule has 3 atom stereocenters. The summed E-state index contributed by atoms with van der Waals surface area (Å²) < 4.78 is 0. The van der Waals surface area contributed by atoms with Crippen LogP contribution in [0.4, 0.5) is 0 Å². The summed E-state index contributed by atoms with van der Waals surface area (Å²) in [5, 5.41) is 19.4. The maximum atomic E-state index is 13.9. The summed E-state index contributed by atoms with van der Waals surface area (Å²) in [6.45, 7) is 11.4. The molecule has 0 saturated carbocycles. The van der Waals surface area contributed by atoms with Gasteiger partial charge in [-0.25, -0.2) is 0 Å². The van der Waals surface area contributed by atoms with Gasteiger partial charge in [0.2, 0.25) is 0 Å². The quantitative estimate of drug-likeness (QED) is 0.243. The van der Waals surface area contributed by atoms with Crippen molar-refractivity contribution in [2.75, 3.05) is 45.8 Å². The summed E-state index contributed by atoms with van der Waals surface area (Å²) in [5.41, 5.74) is 4.10. The molecule has 2 saturated heterocycles. The molecule has 1 amide bonds. The molecule has 0 bridgehead atoms. The van der Waals surface area contributed by atoms with Gasteiger partial charge in [0.05, 0.1) is 6.04 Å². The minimum Gasteiger partial charge on any atom is -0.508 e. The maximum absolute atomic E-state index is 13.9. The number of carboxylic acids is 1. The molecule has 2 aliphatic rings. The molecule has 0 spiro atoms. The second-order valence-electron chi connectivity index (χ2n) is 13.1. The van der Waals surface area contributed by atoms with Crippen molar-refractivity contribution >= 4 is 11.9 Å². The first-order chi connectivity index (χ1) is 22.3. The van der Waals surface area contributed by atoms with E-state index in [9.17, 15) is 14.7 Å². The van der Waals surface area contributed by atoms with Crippen molar-refractivity contribution in [3.63, 3.8) is 0 Å². The van der Waals surface area contributed by atoms with E-state index in [1.54, 1.807) is 6.07 Å². The molecule has 2 N–H and O–H groups in total. The molecule has 5 rings (SSSR count). The summed E-state index contributed by atoms with van der Waals surface area (Å²) >= 11 is 0. The van der Waals surface area contributed by atoms with E-state index in [2.05, 4.69) is 77.1 Å². The number of nitrogens with zero attached hydrogens (tertiary/aromatic N) is 4. The largest absolute Gasteiger partial charge is 0.508 e. The third kappa shape index (κ3) is 8.96. The van der Waals surface area contributed by atoms with Crippen LogP contribution in [0.2, 0.25) is 0 Å². The zero-order valence-corrected chi connectivity index (χ0v) is 27.4. The number of unbranched alkanes of at least 4 members (excludes halogenated alkanes) is 2. The number of hydrogen-bond acceptors (Lipinski definition) is 6. The first-order valence-corrected chi connectivity index (χ1v) is 16.9. The Kier molecular flexibility index (Phi) is 11.9. The number of carboxylic acid groups (broad SMARTS) is 1. The lowest BCUT2D eigenvalue weighted by Gasteiger charge is -2.47. The highest BCUT2D eigenvalue weighted by molar-refractivity contribution is 5.94. The molecule has 8 heteroatoms. The van der Waals surface area contributed by atoms with Gasteiger partial charge in [-0.3, -0.25) is 19.4 Å². The molecule has 3 aromatic rings. The number of benzene rings is 3. The van der Waals surface area contributed by atoms with Crippen LogP contribution in [0.3, 0.4) is 0 Å². The molecule has 0 aromatic heterocycles. The zero-order valence-electron chi connectivity index (χ0n) is 27.4. The molecule has 2 fully saturated rings. The van der Waals surface area contributed by atoms with E-state index in [1.807, 2.05) is 29.2 Å². The third-order valence-corrected chi connectivity index (χ3v) is 9.60. The lowest BCUT2D eigenvalue weighted by atomic mass is 9.92. The number of carbonyl (C=O) groups excluding carboxylic acids is 1. The second kappa shape index (κ2) is 16.2. The van der Waals surface area contributed by atoms with Crippen molar-refractivity contribution in [1.82, 2.24) is 19.6 Å². The molecule has 246 valence electrons. The van der Waals surface area contributed by atoms with E-state index in [-0.39, 0.29) is 30.2 Å². The van der Waals surface area contributed by atoms with Crippen LogP contribution in [0, 0.1) is 0 Å². The number of aliphatic carboxylic acids is 1. The normalized spacial score (nSPS) is 20.7. The van der Waals surface area contributed by atoms with Gasteiger partial charge < -0.3 is 20.0 Å². The predicted octanol–water partition coefficient (Wildman–Crippen LogP) is 5.87. The molecular weight excluding hydrogens is 576 g/mol. The Balaban J connectivity index is 1.30. The van der Waals surface area contributed by atoms with Gasteiger partial charge >= 0.3 is 5.97 Å². The number of phenols is 1. The Hall–Kier alpha value is -3.72. The monoisotopic (exact) mass is 626 g/mol. The van der Waals surface area contributed by atoms with Crippen LogP contribution in [-0.2, 0) is 11.3 Å². The van der Waals surface area contributed by atoms with Crippen LogP contribution < -0.4 is 0 Å². The smallest absolute Gasteiger partial charge is 0.303 e. The number of piperazine rings is 1. The van der Waals surface area contributed by atoms with Crippen molar-refractivity contribution < 1.29 is 19.8 Å². The number of phenolic OH excluding ortho intramolecular Hbond substituents is 1. The SMILES string of the molecule is C[C@@H]1CN([C@@H](c2cccc(O)c2)c2cccc(C(=O)N3CCCN(CCCCCC(=O)O)CC3)c2)[C@@H](C)CN1Cc1ccccc1. The van der Waals surface area contributed by atoms with Crippen LogP contribution in [0.5, 0.6) is 5.75 Å². The zero-order chi connectivity index (χ0) is 32.5. The summed E-state index contributed by atoms with van der Waals surface area (Å²) in [6, 6.07) is 26.8. The Morgan fingerprint density at radius 2 is 1.57 bits per heavy atom. The molecule has 2 heterocycles. The van der Waals surface area contributed by atoms with Crippen molar-refractivity contribution in [2.24, 2.45) is 0 Å². The van der Waals surface area contributed by atoms with Crippen LogP contribution in [0.15, 0.2) is 78.9 Å². The Morgan fingerprint density at radius 3 is 2.33 bits per heavy atom. The maximum Gasteiger partial charge on any atom is 0.303 e. The summed E-state index contributed by atoms with van der Waals surface area (Å²) in [5.74, 6) is -0.422. The Bertz CT molecular complexity index is 1430.